The summed E-state index contributed by atoms with van der Waals surface area (Å²) in [7, 11) is 0. The van der Waals surface area contributed by atoms with Gasteiger partial charge in [-0.25, -0.2) is 18.7 Å². The quantitative estimate of drug-likeness (QED) is 0.755. The Morgan fingerprint density at radius 1 is 1.16 bits per heavy atom. The van der Waals surface area contributed by atoms with Crippen LogP contribution < -0.4 is 11.1 Å². The highest BCUT2D eigenvalue weighted by Gasteiger charge is 2.10. The number of pyridine rings is 1. The molecule has 0 unspecified atom stereocenters. The summed E-state index contributed by atoms with van der Waals surface area (Å²) in [5, 5.41) is 2.77. The monoisotopic (exact) mass is 278 g/mol. The summed E-state index contributed by atoms with van der Waals surface area (Å²) in [6, 6.07) is 6.06. The lowest BCUT2D eigenvalue weighted by Crippen LogP contribution is -2.03. The van der Waals surface area contributed by atoms with E-state index in [1.807, 2.05) is 6.07 Å². The van der Waals surface area contributed by atoms with Crippen molar-refractivity contribution >= 4 is 38.9 Å². The molecule has 0 bridgehead atoms. The van der Waals surface area contributed by atoms with Gasteiger partial charge in [0.15, 0.2) is 23.3 Å². The Kier molecular flexibility index (Phi) is 2.75. The van der Waals surface area contributed by atoms with Gasteiger partial charge in [0.2, 0.25) is 0 Å². The molecule has 7 heteroatoms. The molecule has 96 valence electrons. The molecule has 0 atom stereocenters. The van der Waals surface area contributed by atoms with Gasteiger partial charge in [0.1, 0.15) is 0 Å². The van der Waals surface area contributed by atoms with Crippen LogP contribution in [0.4, 0.5) is 26.1 Å². The molecular formula is C12H8F2N4S. The Labute approximate surface area is 110 Å². The lowest BCUT2D eigenvalue weighted by atomic mass is 10.3. The number of nitrogens with one attached hydrogen (secondary N) is 1. The zero-order chi connectivity index (χ0) is 13.4. The van der Waals surface area contributed by atoms with Crippen molar-refractivity contribution in [1.29, 1.82) is 0 Å². The van der Waals surface area contributed by atoms with Crippen LogP contribution in [-0.2, 0) is 0 Å². The third-order valence-electron chi connectivity index (χ3n) is 2.55. The van der Waals surface area contributed by atoms with Gasteiger partial charge in [-0.05, 0) is 18.2 Å². The van der Waals surface area contributed by atoms with Crippen molar-refractivity contribution in [2.45, 2.75) is 0 Å². The van der Waals surface area contributed by atoms with Crippen LogP contribution in [0.5, 0.6) is 0 Å². The molecule has 0 radical (unpaired) electrons. The minimum Gasteiger partial charge on any atom is -0.381 e. The zero-order valence-corrected chi connectivity index (χ0v) is 10.3. The predicted molar refractivity (Wildman–Crippen MR) is 71.5 cm³/mol. The van der Waals surface area contributed by atoms with Crippen molar-refractivity contribution in [3.05, 3.63) is 41.4 Å². The van der Waals surface area contributed by atoms with Gasteiger partial charge < -0.3 is 11.1 Å². The fraction of sp³-hybridized carbons (Fsp3) is 0. The van der Waals surface area contributed by atoms with Gasteiger partial charge in [0.25, 0.3) is 0 Å². The van der Waals surface area contributed by atoms with E-state index in [0.29, 0.717) is 11.8 Å². The number of nitrogens with two attached hydrogens (primary N) is 1. The number of thiazole rings is 1. The minimum absolute atomic E-state index is 0.109. The first-order valence-corrected chi connectivity index (χ1v) is 6.23. The molecule has 0 aliphatic heterocycles. The van der Waals surface area contributed by atoms with Crippen molar-refractivity contribution in [3.8, 4) is 0 Å². The van der Waals surface area contributed by atoms with E-state index in [4.69, 9.17) is 5.73 Å². The van der Waals surface area contributed by atoms with Crippen LogP contribution in [0.25, 0.3) is 10.2 Å². The van der Waals surface area contributed by atoms with Crippen molar-refractivity contribution in [2.75, 3.05) is 11.1 Å². The van der Waals surface area contributed by atoms with E-state index in [9.17, 15) is 8.78 Å². The van der Waals surface area contributed by atoms with Gasteiger partial charge >= 0.3 is 0 Å². The zero-order valence-electron chi connectivity index (χ0n) is 9.52. The second-order valence-electron chi connectivity index (χ2n) is 3.85. The van der Waals surface area contributed by atoms with Crippen LogP contribution >= 0.6 is 11.3 Å². The fourth-order valence-corrected chi connectivity index (χ4v) is 2.35. The molecule has 2 aromatic heterocycles. The van der Waals surface area contributed by atoms with Gasteiger partial charge in [-0.15, -0.1) is 11.3 Å². The van der Waals surface area contributed by atoms with Crippen LogP contribution in [0.15, 0.2) is 29.8 Å². The molecule has 1 aromatic carbocycles. The number of halogens is 2. The van der Waals surface area contributed by atoms with E-state index in [2.05, 4.69) is 15.3 Å². The van der Waals surface area contributed by atoms with E-state index in [1.165, 1.54) is 11.3 Å². The first-order chi connectivity index (χ1) is 9.13. The van der Waals surface area contributed by atoms with Crippen LogP contribution in [0.3, 0.4) is 0 Å². The number of hydrogen-bond acceptors (Lipinski definition) is 5. The van der Waals surface area contributed by atoms with E-state index in [0.717, 1.165) is 10.2 Å². The molecule has 4 nitrogen and oxygen atoms in total. The molecule has 0 saturated heterocycles. The van der Waals surface area contributed by atoms with E-state index < -0.39 is 11.6 Å². The maximum Gasteiger partial charge on any atom is 0.169 e. The molecule has 0 fully saturated rings. The molecule has 3 N–H and O–H groups in total. The lowest BCUT2D eigenvalue weighted by Gasteiger charge is -2.07. The van der Waals surface area contributed by atoms with Gasteiger partial charge in [0.05, 0.1) is 15.7 Å². The number of fused-ring (bicyclic) bond motifs is 1. The summed E-state index contributed by atoms with van der Waals surface area (Å²) in [6.07, 6.45) is 0. The highest BCUT2D eigenvalue weighted by atomic mass is 32.1. The van der Waals surface area contributed by atoms with Crippen molar-refractivity contribution in [2.24, 2.45) is 0 Å². The topological polar surface area (TPSA) is 63.8 Å². The number of rotatable bonds is 2. The minimum atomic E-state index is -0.874. The fourth-order valence-electron chi connectivity index (χ4n) is 1.64. The first-order valence-electron chi connectivity index (χ1n) is 5.35. The van der Waals surface area contributed by atoms with Gasteiger partial charge in [0, 0.05) is 11.8 Å². The molecule has 0 saturated carbocycles. The molecule has 0 aliphatic carbocycles. The maximum atomic E-state index is 13.5. The van der Waals surface area contributed by atoms with Gasteiger partial charge in [-0.1, -0.05) is 0 Å². The lowest BCUT2D eigenvalue weighted by molar-refractivity contribution is 0.581. The van der Waals surface area contributed by atoms with Gasteiger partial charge in [-0.2, -0.15) is 0 Å². The molecule has 0 amide bonds. The molecule has 3 aromatic rings. The number of aromatic nitrogens is 2. The number of anilines is 3. The van der Waals surface area contributed by atoms with E-state index in [1.54, 1.807) is 17.6 Å². The Bertz CT molecular complexity index is 757. The average Bonchev–Trinajstić information content (AvgIpc) is 2.83. The normalized spacial score (nSPS) is 10.8. The Morgan fingerprint density at radius 2 is 2.00 bits per heavy atom. The number of benzene rings is 1. The van der Waals surface area contributed by atoms with Gasteiger partial charge in [-0.3, -0.25) is 0 Å². The van der Waals surface area contributed by atoms with Crippen molar-refractivity contribution in [3.63, 3.8) is 0 Å². The van der Waals surface area contributed by atoms with E-state index in [-0.39, 0.29) is 11.6 Å². The summed E-state index contributed by atoms with van der Waals surface area (Å²) in [5.41, 5.74) is 8.54. The molecule has 3 rings (SSSR count). The molecule has 0 aliphatic rings. The van der Waals surface area contributed by atoms with Crippen molar-refractivity contribution < 1.29 is 8.78 Å². The van der Waals surface area contributed by atoms with Crippen LogP contribution in [-0.4, -0.2) is 9.97 Å². The van der Waals surface area contributed by atoms with Crippen LogP contribution in [0, 0.1) is 11.6 Å². The number of nitrogens with zero attached hydrogens (tertiary/aromatic N) is 2. The SMILES string of the molecule is Nc1nc(Nc2ccc3ncsc3c2)c(F)cc1F. The van der Waals surface area contributed by atoms with E-state index >= 15 is 0 Å². The summed E-state index contributed by atoms with van der Waals surface area (Å²) in [6.45, 7) is 0. The van der Waals surface area contributed by atoms with Crippen LogP contribution in [0.2, 0.25) is 0 Å². The standard InChI is InChI=1S/C12H8F2N4S/c13-7-4-8(14)12(18-11(7)15)17-6-1-2-9-10(3-6)19-5-16-9/h1-5H,(H3,15,17,18). The predicted octanol–water partition coefficient (Wildman–Crippen LogP) is 3.30. The third kappa shape index (κ3) is 2.19. The number of hydrogen-bond donors (Lipinski definition) is 2. The number of nitrogen functional groups attached to an aromatic ring is 1. The highest BCUT2D eigenvalue weighted by Crippen LogP contribution is 2.25. The Morgan fingerprint density at radius 3 is 2.84 bits per heavy atom. The largest absolute Gasteiger partial charge is 0.381 e. The summed E-state index contributed by atoms with van der Waals surface area (Å²) >= 11 is 1.47. The Hall–Kier alpha value is -2.28. The summed E-state index contributed by atoms with van der Waals surface area (Å²) in [5.74, 6) is -2.12. The second kappa shape index (κ2) is 4.43. The Balaban J connectivity index is 1.98. The highest BCUT2D eigenvalue weighted by molar-refractivity contribution is 7.16. The molecule has 2 heterocycles. The maximum absolute atomic E-state index is 13.5. The molecule has 0 spiro atoms. The first kappa shape index (κ1) is 11.8. The second-order valence-corrected chi connectivity index (χ2v) is 4.73. The van der Waals surface area contributed by atoms with Crippen molar-refractivity contribution in [1.82, 2.24) is 9.97 Å². The molecule has 19 heavy (non-hydrogen) atoms. The average molecular weight is 278 g/mol. The van der Waals surface area contributed by atoms with Crippen LogP contribution in [0.1, 0.15) is 0 Å². The third-order valence-corrected chi connectivity index (χ3v) is 3.34. The molecular weight excluding hydrogens is 270 g/mol. The summed E-state index contributed by atoms with van der Waals surface area (Å²) < 4.78 is 27.5. The smallest absolute Gasteiger partial charge is 0.169 e. The summed E-state index contributed by atoms with van der Waals surface area (Å²) in [4.78, 5) is 7.78.